The molecule has 0 heterocycles. The van der Waals surface area contributed by atoms with E-state index in [0.717, 1.165) is 10.7 Å². The van der Waals surface area contributed by atoms with Crippen LogP contribution < -0.4 is 0 Å². The molecule has 0 aromatic heterocycles. The van der Waals surface area contributed by atoms with Crippen molar-refractivity contribution in [2.24, 2.45) is 10.7 Å². The number of nitrogens with zero attached hydrogens (tertiary/aromatic N) is 2. The molecule has 0 spiro atoms. The van der Waals surface area contributed by atoms with Crippen LogP contribution in [-0.2, 0) is 16.8 Å². The van der Waals surface area contributed by atoms with Crippen molar-refractivity contribution in [1.82, 2.24) is 0 Å². The van der Waals surface area contributed by atoms with E-state index in [1.807, 2.05) is 0 Å². The summed E-state index contributed by atoms with van der Waals surface area (Å²) < 4.78 is 0. The van der Waals surface area contributed by atoms with Crippen LogP contribution in [0, 0.1) is 20.2 Å². The van der Waals surface area contributed by atoms with Gasteiger partial charge in [0, 0.05) is 0 Å². The van der Waals surface area contributed by atoms with Gasteiger partial charge in [-0.25, -0.2) is 0 Å². The largest absolute Gasteiger partial charge is 2.00 e. The smallest absolute Gasteiger partial charge is 0.444 e. The topological polar surface area (TPSA) is 105 Å². The quantitative estimate of drug-likeness (QED) is 0.371. The van der Waals surface area contributed by atoms with Crippen LogP contribution in [0.5, 0.6) is 0 Å². The molecule has 0 aliphatic heterocycles. The number of hydrogen-bond acceptors (Lipinski definition) is 6. The fourth-order valence-corrected chi connectivity index (χ4v) is 0. The molecule has 1 radical (unpaired) electrons. The predicted molar refractivity (Wildman–Crippen MR) is 18.3 cm³/mol. The zero-order valence-electron chi connectivity index (χ0n) is 2.86. The fraction of sp³-hybridized carbons (Fsp3) is 0. The molecular weight excluding hydrogens is 151 g/mol. The van der Waals surface area contributed by atoms with Crippen molar-refractivity contribution in [2.45, 2.75) is 0 Å². The maximum absolute atomic E-state index is 8.00. The second kappa shape index (κ2) is 57.7. The van der Waals surface area contributed by atoms with E-state index < -0.39 is 0 Å². The maximum Gasteiger partial charge on any atom is 2.00 e. The van der Waals surface area contributed by atoms with Crippen molar-refractivity contribution >= 4 is 0 Å². The SMILES string of the molecule is O=N[O-].O=N[O-].[Co+2]. The molecule has 0 N–H and O–H groups in total. The van der Waals surface area contributed by atoms with Gasteiger partial charge in [-0.2, -0.15) is 0 Å². The third-order valence-corrected chi connectivity index (χ3v) is 0. The third-order valence-electron chi connectivity index (χ3n) is 0. The summed E-state index contributed by atoms with van der Waals surface area (Å²) in [6.45, 7) is 0. The van der Waals surface area contributed by atoms with Crippen LogP contribution in [0.2, 0.25) is 0 Å². The van der Waals surface area contributed by atoms with Crippen LogP contribution >= 0.6 is 0 Å². The predicted octanol–water partition coefficient (Wildman–Crippen LogP) is 0.499. The Hall–Kier alpha value is -0.694. The zero-order valence-corrected chi connectivity index (χ0v) is 3.90. The van der Waals surface area contributed by atoms with Gasteiger partial charge in [-0.05, 0) is 0 Å². The molecule has 0 aromatic rings. The molecule has 0 aromatic carbocycles. The maximum atomic E-state index is 8.00. The minimum Gasteiger partial charge on any atom is -0.444 e. The van der Waals surface area contributed by atoms with Gasteiger partial charge in [-0.1, -0.05) is 0 Å². The second-order valence-corrected chi connectivity index (χ2v) is 0.149. The monoisotopic (exact) mass is 151 g/mol. The van der Waals surface area contributed by atoms with Gasteiger partial charge >= 0.3 is 16.8 Å². The molecule has 0 aliphatic carbocycles. The van der Waals surface area contributed by atoms with Crippen molar-refractivity contribution in [3.8, 4) is 0 Å². The Bertz CT molecular complexity index is 30.7. The van der Waals surface area contributed by atoms with Crippen molar-refractivity contribution in [2.75, 3.05) is 0 Å². The van der Waals surface area contributed by atoms with E-state index in [4.69, 9.17) is 20.2 Å². The van der Waals surface area contributed by atoms with E-state index in [-0.39, 0.29) is 16.8 Å². The molecule has 43 valence electrons. The van der Waals surface area contributed by atoms with Gasteiger partial charge in [-0.3, -0.25) is 0 Å². The van der Waals surface area contributed by atoms with Gasteiger partial charge < -0.3 is 20.2 Å². The van der Waals surface area contributed by atoms with E-state index in [1.54, 1.807) is 0 Å². The molecule has 6 nitrogen and oxygen atoms in total. The summed E-state index contributed by atoms with van der Waals surface area (Å²) >= 11 is 0. The van der Waals surface area contributed by atoms with Gasteiger partial charge in [0.05, 0.1) is 0 Å². The molecule has 0 bridgehead atoms. The third kappa shape index (κ3) is 121. The molecule has 0 rings (SSSR count). The van der Waals surface area contributed by atoms with Gasteiger partial charge in [0.15, 0.2) is 0 Å². The first kappa shape index (κ1) is 16.2. The average molecular weight is 151 g/mol. The molecule has 7 heteroatoms. The van der Waals surface area contributed by atoms with Gasteiger partial charge in [0.1, 0.15) is 0 Å². The first-order chi connectivity index (χ1) is 2.83. The van der Waals surface area contributed by atoms with Crippen LogP contribution in [0.25, 0.3) is 0 Å². The standard InChI is InChI=1S/Co.2HNO2/c;2*2-1-3/h;2*(H,2,3)/q+2;;/p-2. The molecule has 0 saturated heterocycles. The summed E-state index contributed by atoms with van der Waals surface area (Å²) in [6, 6.07) is 0. The van der Waals surface area contributed by atoms with Crippen molar-refractivity contribution in [1.29, 1.82) is 0 Å². The summed E-state index contributed by atoms with van der Waals surface area (Å²) in [5, 5.41) is 18.0. The fourth-order valence-electron chi connectivity index (χ4n) is 0. The second-order valence-electron chi connectivity index (χ2n) is 0.149. The van der Waals surface area contributed by atoms with E-state index in [9.17, 15) is 0 Å². The first-order valence-corrected chi connectivity index (χ1v) is 0.730. The summed E-state index contributed by atoms with van der Waals surface area (Å²) in [5.41, 5.74) is 0. The summed E-state index contributed by atoms with van der Waals surface area (Å²) in [5.74, 6) is 0. The summed E-state index contributed by atoms with van der Waals surface area (Å²) in [7, 11) is 0. The summed E-state index contributed by atoms with van der Waals surface area (Å²) in [4.78, 5) is 16.0. The molecule has 0 fully saturated rings. The molecule has 7 heavy (non-hydrogen) atoms. The van der Waals surface area contributed by atoms with Crippen LogP contribution in [0.15, 0.2) is 10.7 Å². The van der Waals surface area contributed by atoms with Gasteiger partial charge in [0.25, 0.3) is 0 Å². The Kier molecular flexibility index (Phi) is 134. The molecule has 0 unspecified atom stereocenters. The zero-order chi connectivity index (χ0) is 5.41. The Morgan fingerprint density at radius 2 is 1.00 bits per heavy atom. The number of hydrogen-bond donors (Lipinski definition) is 0. The average Bonchev–Trinajstić information content (AvgIpc) is 1.39. The van der Waals surface area contributed by atoms with Gasteiger partial charge in [0.2, 0.25) is 0 Å². The molecular formula is CoN2O4. The Morgan fingerprint density at radius 3 is 1.00 bits per heavy atom. The Balaban J connectivity index is -0.0000000400. The van der Waals surface area contributed by atoms with Crippen LogP contribution in [0.1, 0.15) is 0 Å². The van der Waals surface area contributed by atoms with Crippen LogP contribution in [-0.4, -0.2) is 0 Å². The first-order valence-electron chi connectivity index (χ1n) is 0.730. The van der Waals surface area contributed by atoms with Gasteiger partial charge in [-0.15, -0.1) is 10.7 Å². The molecule has 0 aliphatic rings. The van der Waals surface area contributed by atoms with Crippen molar-refractivity contribution in [3.63, 3.8) is 0 Å². The van der Waals surface area contributed by atoms with Crippen molar-refractivity contribution < 1.29 is 16.8 Å². The number of rotatable bonds is 0. The van der Waals surface area contributed by atoms with E-state index in [0.29, 0.717) is 0 Å². The van der Waals surface area contributed by atoms with E-state index in [1.165, 1.54) is 0 Å². The molecule has 0 atom stereocenters. The van der Waals surface area contributed by atoms with Crippen LogP contribution in [0.4, 0.5) is 0 Å². The van der Waals surface area contributed by atoms with E-state index in [2.05, 4.69) is 0 Å². The normalized spacial score (nSPS) is 3.43. The minimum absolute atomic E-state index is 0. The van der Waals surface area contributed by atoms with E-state index >= 15 is 0 Å². The molecule has 0 saturated carbocycles. The molecule has 0 amide bonds. The minimum atomic E-state index is 0. The Morgan fingerprint density at radius 1 is 1.00 bits per heavy atom. The van der Waals surface area contributed by atoms with Crippen LogP contribution in [0.3, 0.4) is 0 Å². The van der Waals surface area contributed by atoms with Crippen molar-refractivity contribution in [3.05, 3.63) is 20.2 Å². The Labute approximate surface area is 48.6 Å². The summed E-state index contributed by atoms with van der Waals surface area (Å²) in [6.07, 6.45) is 0.